The Hall–Kier alpha value is -2.43. The third-order valence-corrected chi connectivity index (χ3v) is 1.80. The molecule has 82 valence electrons. The summed E-state index contributed by atoms with van der Waals surface area (Å²) in [7, 11) is 0. The molecule has 1 aromatic carbocycles. The highest BCUT2D eigenvalue weighted by Crippen LogP contribution is 2.14. The summed E-state index contributed by atoms with van der Waals surface area (Å²) in [6.07, 6.45) is 0.597. The molecule has 0 unspecified atom stereocenters. The molecule has 0 amide bonds. The summed E-state index contributed by atoms with van der Waals surface area (Å²) in [5.41, 5.74) is -0.0578. The van der Waals surface area contributed by atoms with Gasteiger partial charge < -0.3 is 10.2 Å². The average Bonchev–Trinajstić information content (AvgIpc) is 2.26. The zero-order valence-corrected chi connectivity index (χ0v) is 8.08. The smallest absolute Gasteiger partial charge is 0.376 e. The molecule has 0 saturated heterocycles. The molecule has 1 aromatic rings. The van der Waals surface area contributed by atoms with Crippen LogP contribution in [0.2, 0.25) is 0 Å². The minimum atomic E-state index is -1.69. The van der Waals surface area contributed by atoms with Crippen molar-refractivity contribution in [3.8, 4) is 0 Å². The number of rotatable bonds is 4. The van der Waals surface area contributed by atoms with Crippen LogP contribution in [0.5, 0.6) is 0 Å². The van der Waals surface area contributed by atoms with Crippen molar-refractivity contribution in [3.05, 3.63) is 42.0 Å². The number of benzene rings is 1. The van der Waals surface area contributed by atoms with Crippen molar-refractivity contribution in [2.75, 3.05) is 0 Å². The van der Waals surface area contributed by atoms with Gasteiger partial charge in [0.05, 0.1) is 5.57 Å². The van der Waals surface area contributed by atoms with Crippen molar-refractivity contribution < 1.29 is 24.6 Å². The summed E-state index contributed by atoms with van der Waals surface area (Å²) in [4.78, 5) is 32.0. The Kier molecular flexibility index (Phi) is 3.55. The van der Waals surface area contributed by atoms with E-state index >= 15 is 0 Å². The van der Waals surface area contributed by atoms with Gasteiger partial charge in [-0.05, 0) is 5.56 Å². The molecule has 0 heterocycles. The zero-order valence-electron chi connectivity index (χ0n) is 8.08. The highest BCUT2D eigenvalue weighted by Gasteiger charge is 2.15. The van der Waals surface area contributed by atoms with E-state index in [0.29, 0.717) is 6.08 Å². The lowest BCUT2D eigenvalue weighted by atomic mass is 10.0. The first-order valence-corrected chi connectivity index (χ1v) is 4.30. The molecule has 0 bridgehead atoms. The van der Waals surface area contributed by atoms with Gasteiger partial charge in [0, 0.05) is 6.08 Å². The van der Waals surface area contributed by atoms with Crippen LogP contribution in [0.3, 0.4) is 0 Å². The number of carboxylic acid groups (broad SMARTS) is 2. The van der Waals surface area contributed by atoms with E-state index in [2.05, 4.69) is 0 Å². The van der Waals surface area contributed by atoms with E-state index in [1.165, 1.54) is 12.1 Å². The second kappa shape index (κ2) is 4.88. The quantitative estimate of drug-likeness (QED) is 0.578. The van der Waals surface area contributed by atoms with Crippen molar-refractivity contribution in [1.29, 1.82) is 0 Å². The van der Waals surface area contributed by atoms with Crippen molar-refractivity contribution in [3.63, 3.8) is 0 Å². The van der Waals surface area contributed by atoms with Gasteiger partial charge in [-0.1, -0.05) is 30.3 Å². The van der Waals surface area contributed by atoms with E-state index in [9.17, 15) is 14.4 Å². The number of aliphatic carboxylic acids is 2. The maximum Gasteiger partial charge on any atom is 0.376 e. The fraction of sp³-hybridized carbons (Fsp3) is 0. The number of carboxylic acids is 2. The molecular weight excluding hydrogens is 212 g/mol. The fourth-order valence-electron chi connectivity index (χ4n) is 1.08. The van der Waals surface area contributed by atoms with Gasteiger partial charge in [-0.25, -0.2) is 9.59 Å². The molecule has 5 nitrogen and oxygen atoms in total. The van der Waals surface area contributed by atoms with Gasteiger partial charge in [0.1, 0.15) is 0 Å². The molecule has 0 atom stereocenters. The average molecular weight is 220 g/mol. The molecule has 0 radical (unpaired) electrons. The normalized spacial score (nSPS) is 10.9. The second-order valence-electron chi connectivity index (χ2n) is 2.90. The molecule has 5 heteroatoms. The SMILES string of the molecule is O=C(O)C(=O)C=C(C(=O)O)c1ccccc1. The molecule has 0 aliphatic carbocycles. The minimum Gasteiger partial charge on any atom is -0.478 e. The Morgan fingerprint density at radius 1 is 0.938 bits per heavy atom. The maximum atomic E-state index is 10.9. The Labute approximate surface area is 90.6 Å². The molecular formula is C11H8O5. The highest BCUT2D eigenvalue weighted by molar-refractivity contribution is 6.41. The van der Waals surface area contributed by atoms with Crippen LogP contribution >= 0.6 is 0 Å². The Balaban J connectivity index is 3.16. The maximum absolute atomic E-state index is 10.9. The van der Waals surface area contributed by atoms with Crippen LogP contribution in [-0.2, 0) is 14.4 Å². The summed E-state index contributed by atoms with van der Waals surface area (Å²) >= 11 is 0. The molecule has 0 aliphatic rings. The van der Waals surface area contributed by atoms with Crippen molar-refractivity contribution in [2.45, 2.75) is 0 Å². The molecule has 0 saturated carbocycles. The molecule has 0 spiro atoms. The summed E-state index contributed by atoms with van der Waals surface area (Å²) in [6, 6.07) is 7.83. The third kappa shape index (κ3) is 2.78. The van der Waals surface area contributed by atoms with E-state index in [1.807, 2.05) is 0 Å². The van der Waals surface area contributed by atoms with Gasteiger partial charge in [0.15, 0.2) is 0 Å². The minimum absolute atomic E-state index is 0.282. The Bertz CT molecular complexity index is 459. The lowest BCUT2D eigenvalue weighted by Crippen LogP contribution is -2.11. The van der Waals surface area contributed by atoms with Crippen LogP contribution in [0.15, 0.2) is 36.4 Å². The van der Waals surface area contributed by atoms with Crippen LogP contribution in [-0.4, -0.2) is 27.9 Å². The summed E-state index contributed by atoms with van der Waals surface area (Å²) < 4.78 is 0. The number of ketones is 1. The van der Waals surface area contributed by atoms with E-state index < -0.39 is 17.7 Å². The van der Waals surface area contributed by atoms with Crippen molar-refractivity contribution in [1.82, 2.24) is 0 Å². The first-order chi connectivity index (χ1) is 7.52. The summed E-state index contributed by atoms with van der Waals surface area (Å²) in [5, 5.41) is 17.2. The van der Waals surface area contributed by atoms with E-state index in [4.69, 9.17) is 10.2 Å². The van der Waals surface area contributed by atoms with E-state index in [-0.39, 0.29) is 11.1 Å². The van der Waals surface area contributed by atoms with Gasteiger partial charge in [-0.15, -0.1) is 0 Å². The van der Waals surface area contributed by atoms with Gasteiger partial charge in [0.25, 0.3) is 5.78 Å². The molecule has 0 aromatic heterocycles. The second-order valence-corrected chi connectivity index (χ2v) is 2.90. The van der Waals surface area contributed by atoms with Crippen LogP contribution < -0.4 is 0 Å². The van der Waals surface area contributed by atoms with Crippen LogP contribution in [0, 0.1) is 0 Å². The van der Waals surface area contributed by atoms with Crippen molar-refractivity contribution >= 4 is 23.3 Å². The number of carbonyl (C=O) groups excluding carboxylic acids is 1. The first-order valence-electron chi connectivity index (χ1n) is 4.30. The summed E-state index contributed by atoms with van der Waals surface area (Å²) in [6.45, 7) is 0. The molecule has 16 heavy (non-hydrogen) atoms. The van der Waals surface area contributed by atoms with Crippen LogP contribution in [0.1, 0.15) is 5.56 Å². The van der Waals surface area contributed by atoms with Crippen LogP contribution in [0.4, 0.5) is 0 Å². The predicted molar refractivity (Wildman–Crippen MR) is 54.7 cm³/mol. The molecule has 2 N–H and O–H groups in total. The molecule has 0 aliphatic heterocycles. The number of hydrogen-bond donors (Lipinski definition) is 2. The molecule has 1 rings (SSSR count). The lowest BCUT2D eigenvalue weighted by Gasteiger charge is -2.00. The monoisotopic (exact) mass is 220 g/mol. The number of carbonyl (C=O) groups is 3. The zero-order chi connectivity index (χ0) is 12.1. The predicted octanol–water partition coefficient (Wildman–Crippen LogP) is 0.808. The van der Waals surface area contributed by atoms with E-state index in [1.54, 1.807) is 18.2 Å². The van der Waals surface area contributed by atoms with Gasteiger partial charge in [-0.2, -0.15) is 0 Å². The van der Waals surface area contributed by atoms with Gasteiger partial charge in [-0.3, -0.25) is 4.79 Å². The Morgan fingerprint density at radius 2 is 1.50 bits per heavy atom. The standard InChI is InChI=1S/C11H8O5/c12-9(11(15)16)6-8(10(13)14)7-4-2-1-3-5-7/h1-6H,(H,13,14)(H,15,16). The highest BCUT2D eigenvalue weighted by atomic mass is 16.4. The van der Waals surface area contributed by atoms with Gasteiger partial charge in [0.2, 0.25) is 0 Å². The fourth-order valence-corrected chi connectivity index (χ4v) is 1.08. The number of hydrogen-bond acceptors (Lipinski definition) is 3. The third-order valence-electron chi connectivity index (χ3n) is 1.80. The largest absolute Gasteiger partial charge is 0.478 e. The molecule has 0 fully saturated rings. The first kappa shape index (κ1) is 11.6. The Morgan fingerprint density at radius 3 is 1.94 bits per heavy atom. The topological polar surface area (TPSA) is 91.7 Å². The lowest BCUT2D eigenvalue weighted by molar-refractivity contribution is -0.146. The van der Waals surface area contributed by atoms with Crippen LogP contribution in [0.25, 0.3) is 5.57 Å². The summed E-state index contributed by atoms with van der Waals surface area (Å²) in [5.74, 6) is -4.29. The van der Waals surface area contributed by atoms with E-state index in [0.717, 1.165) is 0 Å². The van der Waals surface area contributed by atoms with Gasteiger partial charge >= 0.3 is 11.9 Å². The van der Waals surface area contributed by atoms with Crippen molar-refractivity contribution in [2.24, 2.45) is 0 Å².